The maximum absolute atomic E-state index is 13.0. The average Bonchev–Trinajstić information content (AvgIpc) is 3.36. The molecule has 0 saturated carbocycles. The third-order valence-corrected chi connectivity index (χ3v) is 7.24. The molecule has 2 aliphatic heterocycles. The number of hydrogen-bond donors (Lipinski definition) is 2. The van der Waals surface area contributed by atoms with Crippen molar-refractivity contribution in [2.24, 2.45) is 0 Å². The third kappa shape index (κ3) is 6.48. The van der Waals surface area contributed by atoms with Crippen LogP contribution in [0, 0.1) is 6.92 Å². The number of carbonyl (C=O) groups excluding carboxylic acids is 2. The molecule has 204 valence electrons. The van der Waals surface area contributed by atoms with Gasteiger partial charge in [-0.3, -0.25) is 28.2 Å². The van der Waals surface area contributed by atoms with Crippen molar-refractivity contribution in [1.82, 2.24) is 14.9 Å². The molecule has 1 aromatic carbocycles. The number of esters is 1. The number of hydrogen-bond acceptors (Lipinski definition) is 10. The number of aromatic nitrogens is 2. The van der Waals surface area contributed by atoms with Crippen LogP contribution >= 0.6 is 7.82 Å². The Morgan fingerprint density at radius 1 is 1.29 bits per heavy atom. The molecule has 1 unspecified atom stereocenters. The van der Waals surface area contributed by atoms with E-state index in [1.165, 1.54) is 17.9 Å². The molecule has 13 nitrogen and oxygen atoms in total. The first-order chi connectivity index (χ1) is 18.1. The van der Waals surface area contributed by atoms with Crippen LogP contribution in [-0.4, -0.2) is 47.3 Å². The molecule has 4 rings (SSSR count). The van der Waals surface area contributed by atoms with E-state index in [9.17, 15) is 23.7 Å². The molecule has 2 aliphatic rings. The van der Waals surface area contributed by atoms with Crippen LogP contribution in [0.1, 0.15) is 36.3 Å². The van der Waals surface area contributed by atoms with Crippen molar-refractivity contribution >= 4 is 19.7 Å². The summed E-state index contributed by atoms with van der Waals surface area (Å²) in [6.07, 6.45) is 3.85. The highest BCUT2D eigenvalue weighted by atomic mass is 31.2. The van der Waals surface area contributed by atoms with Gasteiger partial charge >= 0.3 is 19.5 Å². The Bertz CT molecular complexity index is 1410. The molecule has 0 fully saturated rings. The maximum Gasteiger partial charge on any atom is 0.530 e. The Balaban J connectivity index is 1.28. The number of phosphoric acid groups is 1. The zero-order valence-electron chi connectivity index (χ0n) is 21.0. The smallest absolute Gasteiger partial charge is 0.467 e. The van der Waals surface area contributed by atoms with Gasteiger partial charge in [-0.15, -0.1) is 0 Å². The van der Waals surface area contributed by atoms with Gasteiger partial charge in [-0.25, -0.2) is 14.2 Å². The van der Waals surface area contributed by atoms with Crippen LogP contribution in [0.25, 0.3) is 0 Å². The van der Waals surface area contributed by atoms with Gasteiger partial charge in [0.25, 0.3) is 5.56 Å². The second-order valence-corrected chi connectivity index (χ2v) is 10.4. The van der Waals surface area contributed by atoms with Crippen molar-refractivity contribution in [2.75, 3.05) is 13.7 Å². The number of fused-ring (bicyclic) bond motifs is 1. The zero-order valence-corrected chi connectivity index (χ0v) is 21.9. The monoisotopic (exact) mass is 549 g/mol. The number of phosphoric ester groups is 1. The average molecular weight is 549 g/mol. The number of ether oxygens (including phenoxy) is 2. The summed E-state index contributed by atoms with van der Waals surface area (Å²) < 4.78 is 40.9. The number of carbonyl (C=O) groups is 2. The first-order valence-electron chi connectivity index (χ1n) is 11.8. The van der Waals surface area contributed by atoms with Crippen LogP contribution in [0.5, 0.6) is 5.75 Å². The van der Waals surface area contributed by atoms with Crippen LogP contribution < -0.4 is 21.1 Å². The molecule has 0 aliphatic carbocycles. The van der Waals surface area contributed by atoms with Crippen molar-refractivity contribution in [1.29, 1.82) is 0 Å². The van der Waals surface area contributed by atoms with Gasteiger partial charge in [0.15, 0.2) is 6.23 Å². The van der Waals surface area contributed by atoms with Crippen molar-refractivity contribution < 1.29 is 37.2 Å². The number of nitrogens with zero attached hydrogens (tertiary/aromatic N) is 1. The highest BCUT2D eigenvalue weighted by Gasteiger charge is 2.36. The van der Waals surface area contributed by atoms with Gasteiger partial charge < -0.3 is 19.3 Å². The van der Waals surface area contributed by atoms with Gasteiger partial charge in [0.2, 0.25) is 5.91 Å². The van der Waals surface area contributed by atoms with Crippen LogP contribution in [0.2, 0.25) is 0 Å². The van der Waals surface area contributed by atoms with Crippen molar-refractivity contribution in [3.05, 3.63) is 74.1 Å². The minimum absolute atomic E-state index is 0.0257. The van der Waals surface area contributed by atoms with Crippen LogP contribution in [0.15, 0.2) is 46.1 Å². The fourth-order valence-corrected chi connectivity index (χ4v) is 5.06. The van der Waals surface area contributed by atoms with E-state index in [0.717, 1.165) is 5.56 Å². The molecule has 0 spiro atoms. The van der Waals surface area contributed by atoms with Crippen molar-refractivity contribution in [3.63, 3.8) is 0 Å². The fourth-order valence-electron chi connectivity index (χ4n) is 3.84. The summed E-state index contributed by atoms with van der Waals surface area (Å²) >= 11 is 0. The molecule has 0 bridgehead atoms. The van der Waals surface area contributed by atoms with E-state index >= 15 is 0 Å². The summed E-state index contributed by atoms with van der Waals surface area (Å²) in [7, 11) is -2.67. The lowest BCUT2D eigenvalue weighted by Crippen LogP contribution is -2.39. The molecule has 0 radical (unpaired) electrons. The number of nitrogens with one attached hydrogen (secondary N) is 2. The van der Waals surface area contributed by atoms with Gasteiger partial charge in [0.1, 0.15) is 17.9 Å². The molecule has 3 heterocycles. The second kappa shape index (κ2) is 11.5. The summed E-state index contributed by atoms with van der Waals surface area (Å²) in [6, 6.07) is 4.42. The number of amides is 1. The predicted octanol–water partition coefficient (Wildman–Crippen LogP) is 1.64. The highest BCUT2D eigenvalue weighted by Crippen LogP contribution is 2.54. The standard InChI is InChI=1S/C24H28N3O10P/c1-14-11-27(24(31)26-22(14)29)21-9-6-18(36-21)13-35-38(32)34-12-17-10-16(4-7-19(17)37-38)5-8-20(28)25-15(2)23(30)33-3/h4,6-7,9-11,15,18,21H,5,8,12-13H2,1-3H3,(H,25,28)(H,26,29,31)/t15-,18+,21-,38?/m1/s1. The van der Waals surface area contributed by atoms with Gasteiger partial charge in [-0.2, -0.15) is 0 Å². The van der Waals surface area contributed by atoms with E-state index in [4.69, 9.17) is 18.3 Å². The topological polar surface area (TPSA) is 164 Å². The number of H-pyrrole nitrogens is 1. The lowest BCUT2D eigenvalue weighted by atomic mass is 10.1. The molecule has 14 heteroatoms. The largest absolute Gasteiger partial charge is 0.530 e. The van der Waals surface area contributed by atoms with Gasteiger partial charge in [0.05, 0.1) is 20.3 Å². The Morgan fingerprint density at radius 2 is 2.08 bits per heavy atom. The first-order valence-corrected chi connectivity index (χ1v) is 13.3. The molecule has 4 atom stereocenters. The fraction of sp³-hybridized carbons (Fsp3) is 0.417. The summed E-state index contributed by atoms with van der Waals surface area (Å²) in [5.41, 5.74) is 0.744. The maximum atomic E-state index is 13.0. The number of methoxy groups -OCH3 is 1. The molecular formula is C24H28N3O10P. The Labute approximate surface area is 217 Å². The number of aromatic amines is 1. The molecule has 1 aromatic heterocycles. The van der Waals surface area contributed by atoms with Crippen molar-refractivity contribution in [2.45, 2.75) is 51.7 Å². The Morgan fingerprint density at radius 3 is 2.84 bits per heavy atom. The van der Waals surface area contributed by atoms with Gasteiger partial charge in [-0.05, 0) is 44.0 Å². The predicted molar refractivity (Wildman–Crippen MR) is 132 cm³/mol. The summed E-state index contributed by atoms with van der Waals surface area (Å²) in [4.78, 5) is 49.4. The SMILES string of the molecule is COC(=O)[C@@H](C)NC(=O)CCc1ccc2c(c1)COP(=O)(OC[C@@H]1C=C[C@H](n3cc(C)c(=O)[nH]c3=O)O1)O2. The molecule has 0 saturated heterocycles. The number of rotatable bonds is 9. The number of benzene rings is 1. The molecular weight excluding hydrogens is 521 g/mol. The third-order valence-electron chi connectivity index (χ3n) is 5.91. The zero-order chi connectivity index (χ0) is 27.4. The van der Waals surface area contributed by atoms with Crippen molar-refractivity contribution in [3.8, 4) is 5.75 Å². The van der Waals surface area contributed by atoms with E-state index in [2.05, 4.69) is 15.0 Å². The van der Waals surface area contributed by atoms with E-state index < -0.39 is 43.4 Å². The lowest BCUT2D eigenvalue weighted by Gasteiger charge is -2.26. The minimum Gasteiger partial charge on any atom is -0.467 e. The summed E-state index contributed by atoms with van der Waals surface area (Å²) in [5, 5.41) is 2.57. The van der Waals surface area contributed by atoms with Crippen LogP contribution in [0.4, 0.5) is 0 Å². The normalized spacial score (nSPS) is 22.8. The first kappa shape index (κ1) is 27.5. The van der Waals surface area contributed by atoms with E-state index in [1.54, 1.807) is 44.2 Å². The van der Waals surface area contributed by atoms with Crippen LogP contribution in [0.3, 0.4) is 0 Å². The van der Waals surface area contributed by atoms with E-state index in [1.807, 2.05) is 0 Å². The highest BCUT2D eigenvalue weighted by molar-refractivity contribution is 7.49. The number of aryl methyl sites for hydroxylation is 2. The summed E-state index contributed by atoms with van der Waals surface area (Å²) in [5.74, 6) is -0.483. The molecule has 1 amide bonds. The molecule has 2 aromatic rings. The Kier molecular flexibility index (Phi) is 8.32. The molecule has 38 heavy (non-hydrogen) atoms. The van der Waals surface area contributed by atoms with E-state index in [-0.39, 0.29) is 25.5 Å². The minimum atomic E-state index is -3.93. The van der Waals surface area contributed by atoms with E-state index in [0.29, 0.717) is 23.3 Å². The lowest BCUT2D eigenvalue weighted by molar-refractivity contribution is -0.144. The van der Waals surface area contributed by atoms with Gasteiger partial charge in [-0.1, -0.05) is 12.1 Å². The molecule has 2 N–H and O–H groups in total. The quantitative estimate of drug-likeness (QED) is 0.267. The Hall–Kier alpha value is -3.51. The van der Waals surface area contributed by atoms with Gasteiger partial charge in [0, 0.05) is 23.7 Å². The van der Waals surface area contributed by atoms with Crippen LogP contribution in [-0.2, 0) is 45.7 Å². The second-order valence-electron chi connectivity index (χ2n) is 8.79. The summed E-state index contributed by atoms with van der Waals surface area (Å²) in [6.45, 7) is 2.93.